The van der Waals surface area contributed by atoms with Gasteiger partial charge in [0.25, 0.3) is 0 Å². The molecule has 0 spiro atoms. The molecule has 0 saturated carbocycles. The SMILES string of the molecule is COc1ccc2cc(C#N)c(N3CCN(S(=O)(=O)c4ccc(F)cc4)CC3)nc2c1. The van der Waals surface area contributed by atoms with E-state index in [1.54, 1.807) is 19.2 Å². The fraction of sp³-hybridized carbons (Fsp3) is 0.238. The van der Waals surface area contributed by atoms with Crippen LogP contribution in [0.3, 0.4) is 0 Å². The van der Waals surface area contributed by atoms with Crippen LogP contribution in [0.5, 0.6) is 5.75 Å². The average Bonchev–Trinajstić information content (AvgIpc) is 2.78. The molecule has 0 unspecified atom stereocenters. The molecular weight excluding hydrogens is 407 g/mol. The van der Waals surface area contributed by atoms with Crippen LogP contribution >= 0.6 is 0 Å². The van der Waals surface area contributed by atoms with E-state index >= 15 is 0 Å². The highest BCUT2D eigenvalue weighted by molar-refractivity contribution is 7.89. The molecule has 30 heavy (non-hydrogen) atoms. The molecule has 1 fully saturated rings. The normalized spacial score (nSPS) is 15.2. The number of nitriles is 1. The number of piperazine rings is 1. The van der Waals surface area contributed by atoms with Gasteiger partial charge in [-0.25, -0.2) is 17.8 Å². The van der Waals surface area contributed by atoms with Gasteiger partial charge in [-0.1, -0.05) is 0 Å². The van der Waals surface area contributed by atoms with Gasteiger partial charge in [0.1, 0.15) is 23.5 Å². The number of methoxy groups -OCH3 is 1. The Balaban J connectivity index is 1.58. The third-order valence-corrected chi connectivity index (χ3v) is 7.03. The minimum atomic E-state index is -3.71. The number of benzene rings is 2. The summed E-state index contributed by atoms with van der Waals surface area (Å²) in [6, 6.07) is 14.2. The molecule has 0 amide bonds. The summed E-state index contributed by atoms with van der Waals surface area (Å²) in [5.41, 5.74) is 1.13. The minimum Gasteiger partial charge on any atom is -0.497 e. The Labute approximate surface area is 174 Å². The molecule has 1 aromatic heterocycles. The van der Waals surface area contributed by atoms with Crippen LogP contribution in [0.1, 0.15) is 5.56 Å². The number of pyridine rings is 1. The monoisotopic (exact) mass is 426 g/mol. The lowest BCUT2D eigenvalue weighted by molar-refractivity contribution is 0.384. The van der Waals surface area contributed by atoms with Gasteiger partial charge in [0.05, 0.1) is 23.1 Å². The molecular formula is C21H19FN4O3S. The summed E-state index contributed by atoms with van der Waals surface area (Å²) >= 11 is 0. The van der Waals surface area contributed by atoms with Crippen LogP contribution in [-0.4, -0.2) is 51.0 Å². The van der Waals surface area contributed by atoms with Crippen LogP contribution in [0, 0.1) is 17.1 Å². The van der Waals surface area contributed by atoms with Gasteiger partial charge in [-0.15, -0.1) is 0 Å². The highest BCUT2D eigenvalue weighted by Crippen LogP contribution is 2.27. The molecule has 0 aliphatic carbocycles. The molecule has 0 N–H and O–H groups in total. The molecule has 1 aliphatic rings. The first-order chi connectivity index (χ1) is 14.4. The van der Waals surface area contributed by atoms with Crippen molar-refractivity contribution < 1.29 is 17.5 Å². The van der Waals surface area contributed by atoms with Crippen molar-refractivity contribution in [1.29, 1.82) is 5.26 Å². The van der Waals surface area contributed by atoms with Crippen molar-refractivity contribution in [2.75, 3.05) is 38.2 Å². The Morgan fingerprint density at radius 2 is 1.77 bits per heavy atom. The van der Waals surface area contributed by atoms with Crippen LogP contribution in [0.2, 0.25) is 0 Å². The van der Waals surface area contributed by atoms with Gasteiger partial charge >= 0.3 is 0 Å². The first-order valence-electron chi connectivity index (χ1n) is 9.32. The Hall–Kier alpha value is -3.22. The average molecular weight is 426 g/mol. The van der Waals surface area contributed by atoms with Gasteiger partial charge in [-0.05, 0) is 42.5 Å². The van der Waals surface area contributed by atoms with Crippen molar-refractivity contribution in [2.45, 2.75) is 4.90 Å². The Morgan fingerprint density at radius 1 is 1.07 bits per heavy atom. The fourth-order valence-electron chi connectivity index (χ4n) is 3.48. The zero-order valence-electron chi connectivity index (χ0n) is 16.2. The molecule has 2 heterocycles. The molecule has 154 valence electrons. The lowest BCUT2D eigenvalue weighted by Crippen LogP contribution is -2.49. The van der Waals surface area contributed by atoms with Crippen LogP contribution in [-0.2, 0) is 10.0 Å². The van der Waals surface area contributed by atoms with Gasteiger partial charge in [-0.2, -0.15) is 9.57 Å². The number of aromatic nitrogens is 1. The summed E-state index contributed by atoms with van der Waals surface area (Å²) in [6.07, 6.45) is 0. The van der Waals surface area contributed by atoms with Crippen molar-refractivity contribution in [2.24, 2.45) is 0 Å². The van der Waals surface area contributed by atoms with Crippen molar-refractivity contribution in [3.63, 3.8) is 0 Å². The maximum atomic E-state index is 13.1. The number of ether oxygens (including phenoxy) is 1. The Morgan fingerprint density at radius 3 is 2.40 bits per heavy atom. The first-order valence-corrected chi connectivity index (χ1v) is 10.8. The lowest BCUT2D eigenvalue weighted by Gasteiger charge is -2.35. The molecule has 2 aromatic carbocycles. The van der Waals surface area contributed by atoms with Crippen LogP contribution in [0.4, 0.5) is 10.2 Å². The molecule has 0 bridgehead atoms. The predicted molar refractivity (Wildman–Crippen MR) is 110 cm³/mol. The summed E-state index contributed by atoms with van der Waals surface area (Å²) in [5, 5.41) is 10.4. The molecule has 1 aliphatic heterocycles. The van der Waals surface area contributed by atoms with Crippen molar-refractivity contribution in [3.8, 4) is 11.8 Å². The molecule has 0 atom stereocenters. The zero-order chi connectivity index (χ0) is 21.3. The number of rotatable bonds is 4. The van der Waals surface area contributed by atoms with Crippen molar-refractivity contribution in [1.82, 2.24) is 9.29 Å². The highest BCUT2D eigenvalue weighted by atomic mass is 32.2. The van der Waals surface area contributed by atoms with E-state index in [1.807, 2.05) is 17.0 Å². The molecule has 9 heteroatoms. The Bertz CT molecular complexity index is 1230. The second-order valence-corrected chi connectivity index (χ2v) is 8.81. The van der Waals surface area contributed by atoms with E-state index in [-0.39, 0.29) is 18.0 Å². The smallest absolute Gasteiger partial charge is 0.243 e. The number of hydrogen-bond acceptors (Lipinski definition) is 6. The van der Waals surface area contributed by atoms with Gasteiger partial charge in [0.15, 0.2) is 0 Å². The van der Waals surface area contributed by atoms with Gasteiger partial charge < -0.3 is 9.64 Å². The Kier molecular flexibility index (Phi) is 5.28. The van der Waals surface area contributed by atoms with E-state index in [1.165, 1.54) is 16.4 Å². The van der Waals surface area contributed by atoms with E-state index < -0.39 is 15.8 Å². The van der Waals surface area contributed by atoms with Crippen molar-refractivity contribution in [3.05, 3.63) is 59.9 Å². The second kappa shape index (κ2) is 7.89. The quantitative estimate of drug-likeness (QED) is 0.638. The topological polar surface area (TPSA) is 86.5 Å². The third kappa shape index (κ3) is 3.67. The summed E-state index contributed by atoms with van der Waals surface area (Å²) < 4.78 is 45.4. The second-order valence-electron chi connectivity index (χ2n) is 6.88. The number of anilines is 1. The summed E-state index contributed by atoms with van der Waals surface area (Å²) in [7, 11) is -2.13. The standard InChI is InChI=1S/C21H19FN4O3S/c1-29-18-5-2-15-12-16(14-23)21(24-20(15)13-18)25-8-10-26(11-9-25)30(27,28)19-6-3-17(22)4-7-19/h2-7,12-13H,8-11H2,1H3. The lowest BCUT2D eigenvalue weighted by atomic mass is 10.1. The number of halogens is 1. The van der Waals surface area contributed by atoms with E-state index in [2.05, 4.69) is 11.1 Å². The largest absolute Gasteiger partial charge is 0.497 e. The number of hydrogen-bond donors (Lipinski definition) is 0. The summed E-state index contributed by atoms with van der Waals surface area (Å²) in [6.45, 7) is 1.25. The van der Waals surface area contributed by atoms with E-state index in [0.717, 1.165) is 17.5 Å². The fourth-order valence-corrected chi connectivity index (χ4v) is 4.91. The molecule has 4 rings (SSSR count). The van der Waals surface area contributed by atoms with Gasteiger partial charge in [0, 0.05) is 37.6 Å². The number of fused-ring (bicyclic) bond motifs is 1. The van der Waals surface area contributed by atoms with Crippen LogP contribution in [0.15, 0.2) is 53.4 Å². The van der Waals surface area contributed by atoms with Crippen molar-refractivity contribution >= 4 is 26.7 Å². The summed E-state index contributed by atoms with van der Waals surface area (Å²) in [5.74, 6) is 0.708. The predicted octanol–water partition coefficient (Wildman–Crippen LogP) is 2.77. The van der Waals surface area contributed by atoms with Crippen LogP contribution < -0.4 is 9.64 Å². The van der Waals surface area contributed by atoms with Gasteiger partial charge in [0.2, 0.25) is 10.0 Å². The molecule has 1 saturated heterocycles. The maximum Gasteiger partial charge on any atom is 0.243 e. The minimum absolute atomic E-state index is 0.0611. The molecule has 0 radical (unpaired) electrons. The highest BCUT2D eigenvalue weighted by Gasteiger charge is 2.29. The van der Waals surface area contributed by atoms with Gasteiger partial charge in [-0.3, -0.25) is 0 Å². The maximum absolute atomic E-state index is 13.1. The van der Waals surface area contributed by atoms with Crippen LogP contribution in [0.25, 0.3) is 10.9 Å². The van der Waals surface area contributed by atoms with E-state index in [9.17, 15) is 18.1 Å². The summed E-state index contributed by atoms with van der Waals surface area (Å²) in [4.78, 5) is 6.62. The van der Waals surface area contributed by atoms with E-state index in [4.69, 9.17) is 4.74 Å². The zero-order valence-corrected chi connectivity index (χ0v) is 17.1. The first kappa shape index (κ1) is 20.1. The molecule has 7 nitrogen and oxygen atoms in total. The van der Waals surface area contributed by atoms with E-state index in [0.29, 0.717) is 35.7 Å². The third-order valence-electron chi connectivity index (χ3n) is 5.11. The molecule has 3 aromatic rings. The number of sulfonamides is 1. The number of nitrogens with zero attached hydrogens (tertiary/aromatic N) is 4.